The van der Waals surface area contributed by atoms with Crippen LogP contribution in [0.3, 0.4) is 0 Å². The molecule has 0 spiro atoms. The molecule has 0 unspecified atom stereocenters. The normalized spacial score (nSPS) is 22.7. The van der Waals surface area contributed by atoms with Gasteiger partial charge >= 0.3 is 5.97 Å². The predicted molar refractivity (Wildman–Crippen MR) is 124 cm³/mol. The Kier molecular flexibility index (Phi) is 6.84. The molecule has 0 radical (unpaired) electrons. The lowest BCUT2D eigenvalue weighted by molar-refractivity contribution is -0.138. The molecule has 35 heavy (non-hydrogen) atoms. The molecule has 3 aromatic heterocycles. The lowest BCUT2D eigenvalue weighted by Gasteiger charge is -2.16. The van der Waals surface area contributed by atoms with Gasteiger partial charge in [0.25, 0.3) is 5.56 Å². The van der Waals surface area contributed by atoms with Crippen molar-refractivity contribution >= 4 is 28.0 Å². The highest BCUT2D eigenvalue weighted by Crippen LogP contribution is 2.32. The van der Waals surface area contributed by atoms with E-state index < -0.39 is 36.6 Å². The molecular weight excluding hydrogens is 460 g/mol. The fourth-order valence-corrected chi connectivity index (χ4v) is 4.01. The van der Waals surface area contributed by atoms with Crippen molar-refractivity contribution in [2.24, 2.45) is 5.73 Å². The van der Waals surface area contributed by atoms with Crippen molar-refractivity contribution in [2.45, 2.75) is 50.3 Å². The molecule has 0 saturated carbocycles. The highest BCUT2D eigenvalue weighted by atomic mass is 16.6. The summed E-state index contributed by atoms with van der Waals surface area (Å²) in [6.45, 7) is 1.86. The molecule has 1 aromatic carbocycles. The van der Waals surface area contributed by atoms with Gasteiger partial charge in [-0.1, -0.05) is 6.92 Å². The Morgan fingerprint density at radius 3 is 2.71 bits per heavy atom. The maximum atomic E-state index is 11.5. The number of aromatic amines is 2. The van der Waals surface area contributed by atoms with E-state index in [1.54, 1.807) is 24.4 Å². The summed E-state index contributed by atoms with van der Waals surface area (Å²) in [4.78, 5) is 35.6. The van der Waals surface area contributed by atoms with E-state index in [0.717, 1.165) is 16.5 Å². The number of phenolic OH excluding ortho intramolecular Hbond substituents is 1. The number of aromatic hydroxyl groups is 1. The summed E-state index contributed by atoms with van der Waals surface area (Å²) < 4.78 is 7.06. The Labute approximate surface area is 197 Å². The minimum atomic E-state index is -1.08. The number of nitrogens with zero attached hydrogens (tertiary/aromatic N) is 3. The van der Waals surface area contributed by atoms with Gasteiger partial charge in [0.15, 0.2) is 17.4 Å². The quantitative estimate of drug-likeness (QED) is 0.200. The van der Waals surface area contributed by atoms with Crippen LogP contribution in [0, 0.1) is 0 Å². The van der Waals surface area contributed by atoms with Gasteiger partial charge in [-0.15, -0.1) is 0 Å². The SMILES string of the molecule is CC[C@H]1O[C@@H](n2cnc3c(=O)[nH]cnc32)[C@H](O)[C@@H]1O.N[C@@H](Cc1c[nH]c2ccc(O)cc12)C(=O)O. The Morgan fingerprint density at radius 1 is 1.26 bits per heavy atom. The van der Waals surface area contributed by atoms with Crippen molar-refractivity contribution in [1.29, 1.82) is 0 Å². The zero-order chi connectivity index (χ0) is 25.3. The average molecular weight is 486 g/mol. The molecule has 186 valence electrons. The largest absolute Gasteiger partial charge is 0.508 e. The second-order valence-corrected chi connectivity index (χ2v) is 8.20. The number of aromatic nitrogens is 5. The maximum Gasteiger partial charge on any atom is 0.320 e. The van der Waals surface area contributed by atoms with Crippen molar-refractivity contribution < 1.29 is 30.0 Å². The van der Waals surface area contributed by atoms with Crippen LogP contribution in [0.2, 0.25) is 0 Å². The molecule has 1 saturated heterocycles. The molecule has 0 aliphatic carbocycles. The summed E-state index contributed by atoms with van der Waals surface area (Å²) in [6.07, 6.45) is 1.89. The molecule has 0 amide bonds. The van der Waals surface area contributed by atoms with E-state index in [2.05, 4.69) is 19.9 Å². The standard InChI is InChI=1S/C11H14N4O4.C11H12N2O3/c1-2-5-7(16)8(17)11(19-5)15-4-14-6-9(15)12-3-13-10(6)18;12-9(11(15)16)3-6-5-13-10-2-1-7(14)4-8(6)10/h3-5,7-8,11,16-17H,2H2,1H3,(H,12,13,18);1-2,4-5,9,13-14H,3,12H2,(H,15,16)/t5-,7-,8-,11-;9-/m10/s1. The third kappa shape index (κ3) is 4.74. The lowest BCUT2D eigenvalue weighted by atomic mass is 10.1. The molecule has 13 nitrogen and oxygen atoms in total. The molecule has 4 heterocycles. The summed E-state index contributed by atoms with van der Waals surface area (Å²) in [5.74, 6) is -0.883. The van der Waals surface area contributed by atoms with Crippen molar-refractivity contribution in [2.75, 3.05) is 0 Å². The van der Waals surface area contributed by atoms with Crippen molar-refractivity contribution in [3.8, 4) is 5.75 Å². The second kappa shape index (κ2) is 9.84. The summed E-state index contributed by atoms with van der Waals surface area (Å²) in [7, 11) is 0. The second-order valence-electron chi connectivity index (χ2n) is 8.20. The van der Waals surface area contributed by atoms with Crippen LogP contribution < -0.4 is 11.3 Å². The van der Waals surface area contributed by atoms with Crippen molar-refractivity contribution in [1.82, 2.24) is 24.5 Å². The third-order valence-electron chi connectivity index (χ3n) is 5.89. The molecular formula is C22H26N6O7. The number of fused-ring (bicyclic) bond motifs is 2. The Balaban J connectivity index is 0.000000168. The lowest BCUT2D eigenvalue weighted by Crippen LogP contribution is -2.32. The molecule has 5 rings (SSSR count). The minimum absolute atomic E-state index is 0.150. The van der Waals surface area contributed by atoms with Gasteiger partial charge in [-0.2, -0.15) is 0 Å². The van der Waals surface area contributed by atoms with Crippen molar-refractivity contribution in [3.05, 3.63) is 53.0 Å². The summed E-state index contributed by atoms with van der Waals surface area (Å²) >= 11 is 0. The predicted octanol–water partition coefficient (Wildman–Crippen LogP) is -0.0233. The van der Waals surface area contributed by atoms with Crippen LogP contribution in [0.1, 0.15) is 25.1 Å². The zero-order valence-electron chi connectivity index (χ0n) is 18.7. The fourth-order valence-electron chi connectivity index (χ4n) is 4.01. The van der Waals surface area contributed by atoms with E-state index in [4.69, 9.17) is 15.6 Å². The van der Waals surface area contributed by atoms with Gasteiger partial charge in [-0.25, -0.2) is 9.97 Å². The first-order chi connectivity index (χ1) is 16.7. The number of carbonyl (C=O) groups is 1. The molecule has 1 aliphatic heterocycles. The number of nitrogens with one attached hydrogen (secondary N) is 2. The van der Waals surface area contributed by atoms with Gasteiger partial charge in [0.05, 0.1) is 18.8 Å². The number of carboxylic acid groups (broad SMARTS) is 1. The van der Waals surface area contributed by atoms with Crippen LogP contribution in [0.5, 0.6) is 5.75 Å². The average Bonchev–Trinajstić information content (AvgIpc) is 3.51. The number of benzene rings is 1. The third-order valence-corrected chi connectivity index (χ3v) is 5.89. The summed E-state index contributed by atoms with van der Waals surface area (Å²) in [6, 6.07) is 3.97. The number of aliphatic hydroxyl groups excluding tert-OH is 2. The number of hydrogen-bond donors (Lipinski definition) is 7. The van der Waals surface area contributed by atoms with E-state index in [1.165, 1.54) is 17.2 Å². The number of phenols is 1. The Hall–Kier alpha value is -3.78. The van der Waals surface area contributed by atoms with Crippen LogP contribution in [0.4, 0.5) is 0 Å². The van der Waals surface area contributed by atoms with Gasteiger partial charge in [-0.3, -0.25) is 14.2 Å². The van der Waals surface area contributed by atoms with Gasteiger partial charge in [-0.05, 0) is 30.2 Å². The highest BCUT2D eigenvalue weighted by Gasteiger charge is 2.43. The van der Waals surface area contributed by atoms with E-state index in [9.17, 15) is 24.9 Å². The van der Waals surface area contributed by atoms with Crippen LogP contribution in [0.25, 0.3) is 22.1 Å². The number of carboxylic acids is 1. The number of H-pyrrole nitrogens is 2. The molecule has 4 aromatic rings. The fraction of sp³-hybridized carbons (Fsp3) is 0.364. The Morgan fingerprint density at radius 2 is 2.03 bits per heavy atom. The molecule has 0 bridgehead atoms. The molecule has 5 atom stereocenters. The first-order valence-electron chi connectivity index (χ1n) is 10.9. The smallest absolute Gasteiger partial charge is 0.320 e. The number of ether oxygens (including phenoxy) is 1. The highest BCUT2D eigenvalue weighted by molar-refractivity contribution is 5.85. The van der Waals surface area contributed by atoms with Gasteiger partial charge in [0.2, 0.25) is 0 Å². The van der Waals surface area contributed by atoms with Crippen LogP contribution in [-0.2, 0) is 16.0 Å². The van der Waals surface area contributed by atoms with E-state index >= 15 is 0 Å². The number of hydrogen-bond acceptors (Lipinski definition) is 9. The molecule has 1 fully saturated rings. The van der Waals surface area contributed by atoms with Crippen LogP contribution in [-0.4, -0.2) is 75.3 Å². The Bertz CT molecular complexity index is 1400. The first-order valence-corrected chi connectivity index (χ1v) is 10.9. The van der Waals surface area contributed by atoms with Gasteiger partial charge in [0.1, 0.15) is 24.0 Å². The molecule has 13 heteroatoms. The molecule has 8 N–H and O–H groups in total. The number of nitrogens with two attached hydrogens (primary N) is 1. The van der Waals surface area contributed by atoms with Crippen LogP contribution >= 0.6 is 0 Å². The zero-order valence-corrected chi connectivity index (χ0v) is 18.7. The van der Waals surface area contributed by atoms with Gasteiger partial charge < -0.3 is 40.9 Å². The topological polar surface area (TPSA) is 213 Å². The first kappa shape index (κ1) is 24.3. The number of rotatable bonds is 5. The van der Waals surface area contributed by atoms with E-state index in [-0.39, 0.29) is 23.2 Å². The number of imidazole rings is 1. The monoisotopic (exact) mass is 486 g/mol. The number of aliphatic carboxylic acids is 1. The van der Waals surface area contributed by atoms with Gasteiger partial charge in [0, 0.05) is 23.5 Å². The maximum absolute atomic E-state index is 11.5. The summed E-state index contributed by atoms with van der Waals surface area (Å²) in [5, 5.41) is 38.8. The van der Waals surface area contributed by atoms with E-state index in [0.29, 0.717) is 12.1 Å². The van der Waals surface area contributed by atoms with Crippen molar-refractivity contribution in [3.63, 3.8) is 0 Å². The minimum Gasteiger partial charge on any atom is -0.508 e. The number of aliphatic hydroxyl groups is 2. The van der Waals surface area contributed by atoms with E-state index in [1.807, 2.05) is 6.92 Å². The molecule has 1 aliphatic rings. The van der Waals surface area contributed by atoms with Crippen LogP contribution in [0.15, 0.2) is 41.8 Å². The summed E-state index contributed by atoms with van der Waals surface area (Å²) in [5.41, 5.74) is 7.24.